The molecule has 1 atom stereocenters. The number of carbonyl (C=O) groups excluding carboxylic acids is 1. The van der Waals surface area contributed by atoms with E-state index in [2.05, 4.69) is 13.0 Å². The minimum absolute atomic E-state index is 0.107. The number of fused-ring (bicyclic) bond motifs is 2. The molecule has 0 aliphatic heterocycles. The van der Waals surface area contributed by atoms with E-state index in [4.69, 9.17) is 4.74 Å². The minimum Gasteiger partial charge on any atom is -0.481 e. The van der Waals surface area contributed by atoms with Gasteiger partial charge in [0.15, 0.2) is 0 Å². The van der Waals surface area contributed by atoms with Gasteiger partial charge in [0.05, 0.1) is 12.3 Å². The maximum Gasteiger partial charge on any atom is 0.312 e. The number of rotatable bonds is 19. The third kappa shape index (κ3) is 9.98. The number of aliphatic carboxylic acids is 1. The van der Waals surface area contributed by atoms with Crippen LogP contribution in [-0.2, 0) is 9.59 Å². The van der Waals surface area contributed by atoms with Crippen molar-refractivity contribution in [3.8, 4) is 5.75 Å². The molecule has 0 amide bonds. The Balaban J connectivity index is 1.40. The van der Waals surface area contributed by atoms with Gasteiger partial charge in [-0.25, -0.2) is 0 Å². The van der Waals surface area contributed by atoms with Crippen molar-refractivity contribution in [1.29, 1.82) is 0 Å². The molecular weight excluding hydrogens is 484 g/mol. The van der Waals surface area contributed by atoms with Gasteiger partial charge in [-0.2, -0.15) is 0 Å². The molecule has 4 nitrogen and oxygen atoms in total. The topological polar surface area (TPSA) is 63.6 Å². The molecule has 0 heterocycles. The lowest BCUT2D eigenvalue weighted by Crippen LogP contribution is -2.21. The van der Waals surface area contributed by atoms with Gasteiger partial charge in [-0.15, -0.1) is 0 Å². The lowest BCUT2D eigenvalue weighted by Gasteiger charge is -2.15. The molecular formula is C35H48O4. The van der Waals surface area contributed by atoms with E-state index in [1.807, 2.05) is 49.4 Å². The number of carboxylic acid groups (broad SMARTS) is 1. The summed E-state index contributed by atoms with van der Waals surface area (Å²) in [4.78, 5) is 24.9. The van der Waals surface area contributed by atoms with Crippen molar-refractivity contribution in [2.75, 3.05) is 0 Å². The van der Waals surface area contributed by atoms with E-state index in [1.54, 1.807) is 0 Å². The van der Waals surface area contributed by atoms with Crippen molar-refractivity contribution < 1.29 is 19.4 Å². The molecule has 0 aliphatic rings. The van der Waals surface area contributed by atoms with Crippen LogP contribution in [0.15, 0.2) is 48.5 Å². The zero-order valence-electron chi connectivity index (χ0n) is 24.2. The number of hydrogen-bond donors (Lipinski definition) is 1. The van der Waals surface area contributed by atoms with Crippen molar-refractivity contribution in [2.24, 2.45) is 5.92 Å². The fourth-order valence-electron chi connectivity index (χ4n) is 5.57. The van der Waals surface area contributed by atoms with Crippen LogP contribution in [0.1, 0.15) is 115 Å². The van der Waals surface area contributed by atoms with Crippen LogP contribution in [0.5, 0.6) is 5.75 Å². The van der Waals surface area contributed by atoms with Gasteiger partial charge < -0.3 is 9.84 Å². The van der Waals surface area contributed by atoms with Crippen molar-refractivity contribution in [2.45, 2.75) is 117 Å². The average Bonchev–Trinajstić information content (AvgIpc) is 2.93. The zero-order chi connectivity index (χ0) is 27.9. The van der Waals surface area contributed by atoms with Gasteiger partial charge in [0, 0.05) is 10.8 Å². The van der Waals surface area contributed by atoms with E-state index >= 15 is 0 Å². The van der Waals surface area contributed by atoms with Crippen LogP contribution in [0, 0.1) is 12.8 Å². The SMILES string of the molecule is CCCCCCCCCCCCCCCCC(CC(=O)Oc1c2ccccc2cc2c(C)cccc12)C(=O)O. The van der Waals surface area contributed by atoms with Crippen molar-refractivity contribution in [3.05, 3.63) is 54.1 Å². The smallest absolute Gasteiger partial charge is 0.312 e. The number of carbonyl (C=O) groups is 2. The summed E-state index contributed by atoms with van der Waals surface area (Å²) in [5, 5.41) is 13.5. The number of esters is 1. The van der Waals surface area contributed by atoms with E-state index in [0.29, 0.717) is 12.2 Å². The lowest BCUT2D eigenvalue weighted by molar-refractivity contribution is -0.147. The highest BCUT2D eigenvalue weighted by Crippen LogP contribution is 2.36. The van der Waals surface area contributed by atoms with E-state index in [0.717, 1.165) is 46.4 Å². The Morgan fingerprint density at radius 1 is 0.718 bits per heavy atom. The molecule has 0 spiro atoms. The second-order valence-corrected chi connectivity index (χ2v) is 11.2. The average molecular weight is 533 g/mol. The Morgan fingerprint density at radius 3 is 1.90 bits per heavy atom. The van der Waals surface area contributed by atoms with Crippen LogP contribution >= 0.6 is 0 Å². The van der Waals surface area contributed by atoms with E-state index in [-0.39, 0.29) is 6.42 Å². The van der Waals surface area contributed by atoms with E-state index in [9.17, 15) is 14.7 Å². The normalized spacial score (nSPS) is 12.2. The summed E-state index contributed by atoms with van der Waals surface area (Å²) in [6.07, 6.45) is 18.1. The number of unbranched alkanes of at least 4 members (excludes halogenated alkanes) is 13. The fourth-order valence-corrected chi connectivity index (χ4v) is 5.57. The number of ether oxygens (including phenoxy) is 1. The van der Waals surface area contributed by atoms with Crippen LogP contribution in [0.4, 0.5) is 0 Å². The van der Waals surface area contributed by atoms with Gasteiger partial charge in [-0.05, 0) is 35.7 Å². The Morgan fingerprint density at radius 2 is 1.28 bits per heavy atom. The highest BCUT2D eigenvalue weighted by atomic mass is 16.5. The molecule has 0 radical (unpaired) electrons. The monoisotopic (exact) mass is 532 g/mol. The van der Waals surface area contributed by atoms with Crippen LogP contribution in [0.2, 0.25) is 0 Å². The molecule has 1 N–H and O–H groups in total. The first kappa shape index (κ1) is 30.7. The molecule has 0 bridgehead atoms. The second kappa shape index (κ2) is 16.9. The predicted molar refractivity (Wildman–Crippen MR) is 162 cm³/mol. The molecule has 1 unspecified atom stereocenters. The first-order chi connectivity index (χ1) is 19.0. The van der Waals surface area contributed by atoms with Crippen LogP contribution in [-0.4, -0.2) is 17.0 Å². The summed E-state index contributed by atoms with van der Waals surface area (Å²) in [5.74, 6) is -1.58. The molecule has 0 saturated heterocycles. The number of aryl methyl sites for hydroxylation is 1. The van der Waals surface area contributed by atoms with Crippen molar-refractivity contribution in [1.82, 2.24) is 0 Å². The van der Waals surface area contributed by atoms with Gasteiger partial charge in [0.1, 0.15) is 5.75 Å². The summed E-state index contributed by atoms with van der Waals surface area (Å²) < 4.78 is 5.90. The van der Waals surface area contributed by atoms with Gasteiger partial charge in [-0.3, -0.25) is 9.59 Å². The van der Waals surface area contributed by atoms with Crippen LogP contribution < -0.4 is 4.74 Å². The van der Waals surface area contributed by atoms with Crippen molar-refractivity contribution >= 4 is 33.5 Å². The Hall–Kier alpha value is -2.88. The number of hydrogen-bond acceptors (Lipinski definition) is 3. The summed E-state index contributed by atoms with van der Waals surface area (Å²) in [6.45, 7) is 4.30. The standard InChI is InChI=1S/C35H48O4/c1-3-4-5-6-7-8-9-10-11-12-13-14-15-16-22-29(35(37)38)26-33(36)39-34-30-23-18-17-21-28(30)25-32-27(2)20-19-24-31(32)34/h17-21,23-25,29H,3-16,22,26H2,1-2H3,(H,37,38). The number of carboxylic acids is 1. The van der Waals surface area contributed by atoms with Gasteiger partial charge in [0.25, 0.3) is 0 Å². The summed E-state index contributed by atoms with van der Waals surface area (Å²) in [7, 11) is 0. The molecule has 212 valence electrons. The van der Waals surface area contributed by atoms with E-state index < -0.39 is 17.9 Å². The molecule has 0 saturated carbocycles. The first-order valence-electron chi connectivity index (χ1n) is 15.4. The molecule has 39 heavy (non-hydrogen) atoms. The maximum atomic E-state index is 13.0. The zero-order valence-corrected chi connectivity index (χ0v) is 24.2. The summed E-state index contributed by atoms with van der Waals surface area (Å²) in [5.41, 5.74) is 1.11. The molecule has 3 aromatic rings. The number of benzene rings is 3. The van der Waals surface area contributed by atoms with Crippen molar-refractivity contribution in [3.63, 3.8) is 0 Å². The second-order valence-electron chi connectivity index (χ2n) is 11.2. The molecule has 0 fully saturated rings. The van der Waals surface area contributed by atoms with Crippen LogP contribution in [0.25, 0.3) is 21.5 Å². The van der Waals surface area contributed by atoms with Gasteiger partial charge in [-0.1, -0.05) is 139 Å². The highest BCUT2D eigenvalue weighted by Gasteiger charge is 2.23. The molecule has 3 aromatic carbocycles. The Labute approximate surface area is 235 Å². The third-order valence-electron chi connectivity index (χ3n) is 7.96. The molecule has 0 aromatic heterocycles. The van der Waals surface area contributed by atoms with Gasteiger partial charge in [0.2, 0.25) is 0 Å². The molecule has 3 rings (SSSR count). The summed E-state index contributed by atoms with van der Waals surface area (Å²) in [6, 6.07) is 15.9. The Kier molecular flexibility index (Phi) is 13.3. The van der Waals surface area contributed by atoms with Gasteiger partial charge >= 0.3 is 11.9 Å². The maximum absolute atomic E-state index is 13.0. The largest absolute Gasteiger partial charge is 0.481 e. The first-order valence-corrected chi connectivity index (χ1v) is 15.4. The fraction of sp³-hybridized carbons (Fsp3) is 0.543. The van der Waals surface area contributed by atoms with Crippen LogP contribution in [0.3, 0.4) is 0 Å². The third-order valence-corrected chi connectivity index (χ3v) is 7.96. The quantitative estimate of drug-likeness (QED) is 0.0722. The summed E-state index contributed by atoms with van der Waals surface area (Å²) >= 11 is 0. The minimum atomic E-state index is -0.916. The predicted octanol–water partition coefficient (Wildman–Crippen LogP) is 10.2. The highest BCUT2D eigenvalue weighted by molar-refractivity contribution is 6.07. The Bertz CT molecular complexity index is 1180. The lowest BCUT2D eigenvalue weighted by atomic mass is 9.96. The van der Waals surface area contributed by atoms with E-state index in [1.165, 1.54) is 70.6 Å². The molecule has 0 aliphatic carbocycles. The molecule has 4 heteroatoms.